The first-order valence-corrected chi connectivity index (χ1v) is 12.6. The first kappa shape index (κ1) is 28.9. The normalized spacial score (nSPS) is 25.0. The molecule has 5 atom stereocenters. The zero-order valence-corrected chi connectivity index (χ0v) is 21.6. The molecule has 0 bridgehead atoms. The largest absolute Gasteiger partial charge is 0.465 e. The highest BCUT2D eigenvalue weighted by Gasteiger charge is 2.44. The molecule has 0 aromatic rings. The van der Waals surface area contributed by atoms with E-state index in [2.05, 4.69) is 12.8 Å². The van der Waals surface area contributed by atoms with Crippen LogP contribution in [0.3, 0.4) is 0 Å². The van der Waals surface area contributed by atoms with E-state index in [4.69, 9.17) is 20.6 Å². The van der Waals surface area contributed by atoms with E-state index in [-0.39, 0.29) is 30.0 Å². The molecule has 1 unspecified atom stereocenters. The van der Waals surface area contributed by atoms with Gasteiger partial charge in [0.25, 0.3) is 0 Å². The van der Waals surface area contributed by atoms with Crippen LogP contribution in [0.15, 0.2) is 0 Å². The number of aliphatic hydroxyl groups excluding tert-OH is 1. The van der Waals surface area contributed by atoms with Crippen LogP contribution in [0, 0.1) is 29.6 Å². The lowest BCUT2D eigenvalue weighted by atomic mass is 9.83. The molecule has 1 fully saturated rings. The van der Waals surface area contributed by atoms with Crippen molar-refractivity contribution in [1.29, 1.82) is 0 Å². The third-order valence-electron chi connectivity index (χ3n) is 6.38. The smallest absolute Gasteiger partial charge is 0.311 e. The number of carbonyl (C=O) groups excluding carboxylic acids is 1. The van der Waals surface area contributed by atoms with Gasteiger partial charge in [-0.05, 0) is 47.5 Å². The average Bonchev–Trinajstić information content (AvgIpc) is 2.71. The minimum Gasteiger partial charge on any atom is -0.465 e. The maximum absolute atomic E-state index is 11.7. The van der Waals surface area contributed by atoms with E-state index in [1.54, 1.807) is 0 Å². The van der Waals surface area contributed by atoms with Crippen LogP contribution < -0.4 is 0 Å². The molecule has 1 aliphatic heterocycles. The molecule has 0 amide bonds. The van der Waals surface area contributed by atoms with Crippen LogP contribution in [0.5, 0.6) is 0 Å². The highest BCUT2D eigenvalue weighted by molar-refractivity contribution is 5.75. The zero-order chi connectivity index (χ0) is 24.4. The standard InChI is InChI=1S/C27H48O5/c1-9-22(28)20(2)24-21(3)23(31-27(7,8)32-24)18-16-14-12-10-11-13-15-17-19-30-25(29)26(4,5)6/h1,20-24,28H,10-19H2,2-8H3/t20-,21+,22?,23-,24+/m1/s1. The van der Waals surface area contributed by atoms with Crippen LogP contribution in [-0.2, 0) is 19.0 Å². The fourth-order valence-electron chi connectivity index (χ4n) is 4.28. The van der Waals surface area contributed by atoms with Gasteiger partial charge in [-0.25, -0.2) is 0 Å². The number of terminal acetylenes is 1. The Morgan fingerprint density at radius 1 is 1.06 bits per heavy atom. The Bertz CT molecular complexity index is 586. The fraction of sp³-hybridized carbons (Fsp3) is 0.889. The molecule has 0 saturated carbocycles. The topological polar surface area (TPSA) is 65.0 Å². The third-order valence-corrected chi connectivity index (χ3v) is 6.38. The molecule has 5 nitrogen and oxygen atoms in total. The van der Waals surface area contributed by atoms with Gasteiger partial charge < -0.3 is 19.3 Å². The number of esters is 1. The van der Waals surface area contributed by atoms with Gasteiger partial charge in [-0.2, -0.15) is 0 Å². The molecule has 1 rings (SSSR count). The summed E-state index contributed by atoms with van der Waals surface area (Å²) < 4.78 is 17.6. The summed E-state index contributed by atoms with van der Waals surface area (Å²) in [4.78, 5) is 11.7. The molecule has 186 valence electrons. The van der Waals surface area contributed by atoms with E-state index >= 15 is 0 Å². The molecule has 1 aliphatic rings. The highest BCUT2D eigenvalue weighted by atomic mass is 16.7. The van der Waals surface area contributed by atoms with Crippen LogP contribution in [0.25, 0.3) is 0 Å². The molecule has 0 aromatic heterocycles. The van der Waals surface area contributed by atoms with Crippen molar-refractivity contribution >= 4 is 5.97 Å². The number of hydrogen-bond acceptors (Lipinski definition) is 5. The average molecular weight is 453 g/mol. The summed E-state index contributed by atoms with van der Waals surface area (Å²) in [5.74, 6) is 1.72. The summed E-state index contributed by atoms with van der Waals surface area (Å²) in [5, 5.41) is 10.1. The molecule has 1 saturated heterocycles. The van der Waals surface area contributed by atoms with Crippen molar-refractivity contribution in [2.24, 2.45) is 17.3 Å². The molecule has 1 heterocycles. The molecule has 0 aliphatic carbocycles. The maximum atomic E-state index is 11.7. The van der Waals surface area contributed by atoms with Gasteiger partial charge >= 0.3 is 5.97 Å². The van der Waals surface area contributed by atoms with Gasteiger partial charge in [-0.15, -0.1) is 6.42 Å². The van der Waals surface area contributed by atoms with Crippen molar-refractivity contribution in [3.8, 4) is 12.3 Å². The molecule has 32 heavy (non-hydrogen) atoms. The molecule has 1 N–H and O–H groups in total. The molecule has 5 heteroatoms. The van der Waals surface area contributed by atoms with E-state index in [1.165, 1.54) is 32.1 Å². The Labute approximate surface area is 197 Å². The minimum atomic E-state index is -0.803. The van der Waals surface area contributed by atoms with Crippen molar-refractivity contribution in [2.45, 2.75) is 130 Å². The second kappa shape index (κ2) is 13.6. The molecular formula is C27H48O5. The second-order valence-electron chi connectivity index (χ2n) is 11.0. The number of aliphatic hydroxyl groups is 1. The summed E-state index contributed by atoms with van der Waals surface area (Å²) in [6, 6.07) is 0. The number of ether oxygens (including phenoxy) is 3. The quantitative estimate of drug-likeness (QED) is 0.215. The van der Waals surface area contributed by atoms with E-state index < -0.39 is 17.3 Å². The first-order valence-electron chi connectivity index (χ1n) is 12.6. The predicted octanol–water partition coefficient (Wildman–Crippen LogP) is 5.87. The van der Waals surface area contributed by atoms with Gasteiger partial charge in [0, 0.05) is 11.8 Å². The molecule has 0 radical (unpaired) electrons. The van der Waals surface area contributed by atoms with Crippen LogP contribution in [0.1, 0.15) is 106 Å². The summed E-state index contributed by atoms with van der Waals surface area (Å²) in [5.41, 5.74) is -0.411. The van der Waals surface area contributed by atoms with Crippen molar-refractivity contribution in [1.82, 2.24) is 0 Å². The van der Waals surface area contributed by atoms with Gasteiger partial charge in [0.05, 0.1) is 24.2 Å². The lowest BCUT2D eigenvalue weighted by molar-refractivity contribution is -0.330. The molecular weight excluding hydrogens is 404 g/mol. The maximum Gasteiger partial charge on any atom is 0.311 e. The Morgan fingerprint density at radius 3 is 2.12 bits per heavy atom. The number of hydrogen-bond donors (Lipinski definition) is 1. The van der Waals surface area contributed by atoms with Crippen LogP contribution in [0.4, 0.5) is 0 Å². The van der Waals surface area contributed by atoms with E-state index in [0.29, 0.717) is 6.61 Å². The van der Waals surface area contributed by atoms with E-state index in [9.17, 15) is 9.90 Å². The van der Waals surface area contributed by atoms with Crippen LogP contribution in [0.2, 0.25) is 0 Å². The Kier molecular flexibility index (Phi) is 12.3. The fourth-order valence-corrected chi connectivity index (χ4v) is 4.28. The van der Waals surface area contributed by atoms with Gasteiger partial charge in [-0.3, -0.25) is 4.79 Å². The van der Waals surface area contributed by atoms with Gasteiger partial charge in [0.2, 0.25) is 0 Å². The zero-order valence-electron chi connectivity index (χ0n) is 21.6. The van der Waals surface area contributed by atoms with Crippen LogP contribution >= 0.6 is 0 Å². The lowest BCUT2D eigenvalue weighted by Crippen LogP contribution is -2.53. The third kappa shape index (κ3) is 10.2. The number of rotatable bonds is 13. The van der Waals surface area contributed by atoms with Gasteiger partial charge in [0.1, 0.15) is 6.10 Å². The minimum absolute atomic E-state index is 0.113. The Hall–Kier alpha value is -1.09. The first-order chi connectivity index (χ1) is 14.9. The van der Waals surface area contributed by atoms with Crippen molar-refractivity contribution in [3.63, 3.8) is 0 Å². The Morgan fingerprint density at radius 2 is 1.59 bits per heavy atom. The molecule has 0 aromatic carbocycles. The SMILES string of the molecule is C#CC(O)[C@@H](C)[C@@H]1OC(C)(C)O[C@H](CCCCCCCCCCOC(=O)C(C)(C)C)[C@@H]1C. The summed E-state index contributed by atoms with van der Waals surface area (Å²) in [6.45, 7) is 14.2. The van der Waals surface area contributed by atoms with Crippen LogP contribution in [-0.4, -0.2) is 41.8 Å². The summed E-state index contributed by atoms with van der Waals surface area (Å²) in [6.07, 6.45) is 14.9. The summed E-state index contributed by atoms with van der Waals surface area (Å²) >= 11 is 0. The number of unbranched alkanes of at least 4 members (excludes halogenated alkanes) is 7. The van der Waals surface area contributed by atoms with Crippen molar-refractivity contribution < 1.29 is 24.1 Å². The van der Waals surface area contributed by atoms with Crippen molar-refractivity contribution in [2.75, 3.05) is 6.61 Å². The van der Waals surface area contributed by atoms with E-state index in [0.717, 1.165) is 25.7 Å². The van der Waals surface area contributed by atoms with E-state index in [1.807, 2.05) is 41.5 Å². The monoisotopic (exact) mass is 452 g/mol. The summed E-state index contributed by atoms with van der Waals surface area (Å²) in [7, 11) is 0. The highest BCUT2D eigenvalue weighted by Crippen LogP contribution is 2.37. The predicted molar refractivity (Wildman–Crippen MR) is 129 cm³/mol. The second-order valence-corrected chi connectivity index (χ2v) is 11.0. The Balaban J connectivity index is 2.19. The van der Waals surface area contributed by atoms with Gasteiger partial charge in [-0.1, -0.05) is 64.7 Å². The molecule has 0 spiro atoms. The van der Waals surface area contributed by atoms with Gasteiger partial charge in [0.15, 0.2) is 5.79 Å². The lowest BCUT2D eigenvalue weighted by Gasteiger charge is -2.47. The van der Waals surface area contributed by atoms with Crippen molar-refractivity contribution in [3.05, 3.63) is 0 Å². The number of carbonyl (C=O) groups is 1.